The van der Waals surface area contributed by atoms with Crippen LogP contribution in [0.2, 0.25) is 0 Å². The number of nitrogen functional groups attached to an aromatic ring is 1. The van der Waals surface area contributed by atoms with Gasteiger partial charge in [-0.3, -0.25) is 14.9 Å². The molecule has 7 heteroatoms. The van der Waals surface area contributed by atoms with Crippen LogP contribution in [0.3, 0.4) is 0 Å². The molecule has 2 N–H and O–H groups in total. The number of nitro groups is 1. The van der Waals surface area contributed by atoms with E-state index in [-0.39, 0.29) is 24.3 Å². The maximum absolute atomic E-state index is 13.2. The van der Waals surface area contributed by atoms with Crippen LogP contribution in [-0.2, 0) is 9.53 Å². The minimum Gasteiger partial charge on any atom is -0.465 e. The maximum Gasteiger partial charge on any atom is 0.317 e. The average Bonchev–Trinajstić information content (AvgIpc) is 2.33. The van der Waals surface area contributed by atoms with Crippen molar-refractivity contribution in [2.75, 3.05) is 12.3 Å². The molecule has 0 radical (unpaired) electrons. The van der Waals surface area contributed by atoms with E-state index in [1.54, 1.807) is 6.92 Å². The Hall–Kier alpha value is -2.62. The quantitative estimate of drug-likeness (QED) is 0.295. The van der Waals surface area contributed by atoms with Gasteiger partial charge in [-0.25, -0.2) is 4.39 Å². The number of benzene rings is 1. The van der Waals surface area contributed by atoms with Crippen LogP contribution in [0.15, 0.2) is 12.1 Å². The second kappa shape index (κ2) is 6.35. The van der Waals surface area contributed by atoms with E-state index in [9.17, 15) is 19.3 Å². The van der Waals surface area contributed by atoms with Crippen molar-refractivity contribution >= 4 is 17.3 Å². The van der Waals surface area contributed by atoms with Crippen molar-refractivity contribution in [1.29, 1.82) is 0 Å². The number of anilines is 1. The minimum atomic E-state index is -0.818. The Balaban J connectivity index is 2.99. The van der Waals surface area contributed by atoms with Crippen molar-refractivity contribution in [3.8, 4) is 11.8 Å². The summed E-state index contributed by atoms with van der Waals surface area (Å²) in [6.45, 7) is 1.88. The lowest BCUT2D eigenvalue weighted by atomic mass is 10.1. The number of hydrogen-bond acceptors (Lipinski definition) is 5. The van der Waals surface area contributed by atoms with E-state index in [4.69, 9.17) is 5.73 Å². The summed E-state index contributed by atoms with van der Waals surface area (Å²) in [6, 6.07) is 1.69. The maximum atomic E-state index is 13.2. The molecule has 0 fully saturated rings. The molecule has 0 aliphatic rings. The highest BCUT2D eigenvalue weighted by molar-refractivity contribution is 5.73. The first-order valence-corrected chi connectivity index (χ1v) is 5.33. The Bertz CT molecular complexity index is 575. The molecule has 1 rings (SSSR count). The molecule has 0 saturated carbocycles. The first-order chi connectivity index (χ1) is 8.95. The monoisotopic (exact) mass is 266 g/mol. The number of carbonyl (C=O) groups excluding carboxylic acids is 1. The summed E-state index contributed by atoms with van der Waals surface area (Å²) < 4.78 is 17.8. The molecular weight excluding hydrogens is 255 g/mol. The highest BCUT2D eigenvalue weighted by atomic mass is 19.1. The van der Waals surface area contributed by atoms with Gasteiger partial charge in [0.2, 0.25) is 0 Å². The van der Waals surface area contributed by atoms with Crippen LogP contribution >= 0.6 is 0 Å². The van der Waals surface area contributed by atoms with Crippen molar-refractivity contribution in [3.63, 3.8) is 0 Å². The Kier molecular flexibility index (Phi) is 4.83. The van der Waals surface area contributed by atoms with Gasteiger partial charge in [-0.15, -0.1) is 0 Å². The van der Waals surface area contributed by atoms with Crippen molar-refractivity contribution < 1.29 is 18.8 Å². The molecule has 0 spiro atoms. The van der Waals surface area contributed by atoms with E-state index in [2.05, 4.69) is 16.6 Å². The Morgan fingerprint density at radius 1 is 1.58 bits per heavy atom. The van der Waals surface area contributed by atoms with E-state index in [1.807, 2.05) is 0 Å². The molecule has 19 heavy (non-hydrogen) atoms. The molecule has 0 heterocycles. The highest BCUT2D eigenvalue weighted by Crippen LogP contribution is 2.25. The number of hydrogen-bond donors (Lipinski definition) is 1. The second-order valence-corrected chi connectivity index (χ2v) is 3.43. The fourth-order valence-corrected chi connectivity index (χ4v) is 1.28. The van der Waals surface area contributed by atoms with Crippen molar-refractivity contribution in [3.05, 3.63) is 33.6 Å². The number of carbonyl (C=O) groups is 1. The number of nitrogens with two attached hydrogens (primary N) is 1. The molecule has 0 aromatic heterocycles. The molecule has 0 amide bonds. The normalized spacial score (nSPS) is 9.37. The summed E-state index contributed by atoms with van der Waals surface area (Å²) in [5.74, 6) is 3.50. The molecule has 100 valence electrons. The Morgan fingerprint density at radius 2 is 2.26 bits per heavy atom. The third-order valence-corrected chi connectivity index (χ3v) is 2.08. The molecular formula is C12H11FN2O4. The lowest BCUT2D eigenvalue weighted by molar-refractivity contribution is -0.384. The molecule has 1 aromatic carbocycles. The van der Waals surface area contributed by atoms with Gasteiger partial charge >= 0.3 is 5.97 Å². The number of esters is 1. The first-order valence-electron chi connectivity index (χ1n) is 5.33. The van der Waals surface area contributed by atoms with Gasteiger partial charge in [0, 0.05) is 0 Å². The fraction of sp³-hybridized carbons (Fsp3) is 0.250. The third-order valence-electron chi connectivity index (χ3n) is 2.08. The number of rotatable bonds is 3. The highest BCUT2D eigenvalue weighted by Gasteiger charge is 2.16. The van der Waals surface area contributed by atoms with E-state index in [0.29, 0.717) is 6.07 Å². The molecule has 6 nitrogen and oxygen atoms in total. The Labute approximate surface area is 108 Å². The van der Waals surface area contributed by atoms with Crippen molar-refractivity contribution in [2.24, 2.45) is 0 Å². The van der Waals surface area contributed by atoms with E-state index < -0.39 is 22.4 Å². The third kappa shape index (κ3) is 3.96. The summed E-state index contributed by atoms with van der Waals surface area (Å²) in [6.07, 6.45) is -0.197. The van der Waals surface area contributed by atoms with E-state index in [1.165, 1.54) is 0 Å². The standard InChI is InChI=1S/C12H11FN2O4/c1-2-19-11(16)5-3-4-8-6-9(13)7-10(12(8)14)15(17)18/h6-7H,2,5,14H2,1H3. The average molecular weight is 266 g/mol. The van der Waals surface area contributed by atoms with Crippen LogP contribution in [0.5, 0.6) is 0 Å². The van der Waals surface area contributed by atoms with Crippen LogP contribution in [0, 0.1) is 27.8 Å². The van der Waals surface area contributed by atoms with Crippen LogP contribution < -0.4 is 5.73 Å². The lowest BCUT2D eigenvalue weighted by Gasteiger charge is -2.00. The lowest BCUT2D eigenvalue weighted by Crippen LogP contribution is -2.02. The second-order valence-electron chi connectivity index (χ2n) is 3.43. The summed E-state index contributed by atoms with van der Waals surface area (Å²) in [5.41, 5.74) is 4.68. The van der Waals surface area contributed by atoms with Crippen LogP contribution in [-0.4, -0.2) is 17.5 Å². The molecule has 0 unspecified atom stereocenters. The van der Waals surface area contributed by atoms with E-state index >= 15 is 0 Å². The van der Waals surface area contributed by atoms with Crippen molar-refractivity contribution in [2.45, 2.75) is 13.3 Å². The zero-order valence-electron chi connectivity index (χ0n) is 10.1. The summed E-state index contributed by atoms with van der Waals surface area (Å²) in [4.78, 5) is 20.9. The van der Waals surface area contributed by atoms with Gasteiger partial charge in [0.25, 0.3) is 5.69 Å². The van der Waals surface area contributed by atoms with Gasteiger partial charge in [0.1, 0.15) is 17.9 Å². The number of halogens is 1. The topological polar surface area (TPSA) is 95.5 Å². The van der Waals surface area contributed by atoms with Crippen LogP contribution in [0.4, 0.5) is 15.8 Å². The fourth-order valence-electron chi connectivity index (χ4n) is 1.28. The van der Waals surface area contributed by atoms with Gasteiger partial charge < -0.3 is 10.5 Å². The predicted molar refractivity (Wildman–Crippen MR) is 65.6 cm³/mol. The van der Waals surface area contributed by atoms with E-state index in [0.717, 1.165) is 6.07 Å². The summed E-state index contributed by atoms with van der Waals surface area (Å²) >= 11 is 0. The zero-order chi connectivity index (χ0) is 14.4. The Morgan fingerprint density at radius 3 is 2.84 bits per heavy atom. The minimum absolute atomic E-state index is 0.0315. The predicted octanol–water partition coefficient (Wildman–Crippen LogP) is 1.62. The molecule has 0 saturated heterocycles. The van der Waals surface area contributed by atoms with Crippen LogP contribution in [0.1, 0.15) is 18.9 Å². The first kappa shape index (κ1) is 14.4. The van der Waals surface area contributed by atoms with Gasteiger partial charge in [-0.1, -0.05) is 11.8 Å². The number of nitro benzene ring substituents is 1. The summed E-state index contributed by atoms with van der Waals surface area (Å²) in [5, 5.41) is 10.6. The number of ether oxygens (including phenoxy) is 1. The van der Waals surface area contributed by atoms with Gasteiger partial charge in [0.15, 0.2) is 0 Å². The molecule has 0 aliphatic carbocycles. The van der Waals surface area contributed by atoms with Crippen LogP contribution in [0.25, 0.3) is 0 Å². The van der Waals surface area contributed by atoms with Crippen molar-refractivity contribution in [1.82, 2.24) is 0 Å². The largest absolute Gasteiger partial charge is 0.465 e. The molecule has 0 aliphatic heterocycles. The summed E-state index contributed by atoms with van der Waals surface area (Å²) in [7, 11) is 0. The van der Waals surface area contributed by atoms with Gasteiger partial charge in [0.05, 0.1) is 23.2 Å². The van der Waals surface area contributed by atoms with Gasteiger partial charge in [-0.2, -0.15) is 0 Å². The SMILES string of the molecule is CCOC(=O)CC#Cc1cc(F)cc([N+](=O)[O-])c1N. The van der Waals surface area contributed by atoms with Gasteiger partial charge in [-0.05, 0) is 13.0 Å². The smallest absolute Gasteiger partial charge is 0.317 e. The number of nitrogens with zero attached hydrogens (tertiary/aromatic N) is 1. The molecule has 0 atom stereocenters. The molecule has 0 bridgehead atoms. The molecule has 1 aromatic rings. The zero-order valence-corrected chi connectivity index (χ0v) is 10.1.